The molecule has 1 aliphatic heterocycles. The molecule has 116 valence electrons. The summed E-state index contributed by atoms with van der Waals surface area (Å²) >= 11 is 0. The van der Waals surface area contributed by atoms with Crippen LogP contribution in [-0.2, 0) is 26.1 Å². The standard InChI is InChI=1S/C14H20N2O4S/c1-21(17,18)16-8-9-19-14-12(16)5-6-13(14)20-10-11-4-2-3-7-15-11/h2-4,7,12-14H,5-6,8-10H2,1H3/t12-,13-,14+/m0/s1. The summed E-state index contributed by atoms with van der Waals surface area (Å²) in [5.41, 5.74) is 0.872. The minimum absolute atomic E-state index is 0.0680. The van der Waals surface area contributed by atoms with Gasteiger partial charge >= 0.3 is 0 Å². The lowest BCUT2D eigenvalue weighted by Gasteiger charge is -2.37. The first kappa shape index (κ1) is 14.9. The Kier molecular flexibility index (Phi) is 4.26. The van der Waals surface area contributed by atoms with Crippen LogP contribution in [0.1, 0.15) is 18.5 Å². The van der Waals surface area contributed by atoms with Crippen molar-refractivity contribution < 1.29 is 17.9 Å². The van der Waals surface area contributed by atoms with E-state index >= 15 is 0 Å². The van der Waals surface area contributed by atoms with E-state index in [1.165, 1.54) is 6.26 Å². The Morgan fingerprint density at radius 2 is 2.29 bits per heavy atom. The zero-order valence-corrected chi connectivity index (χ0v) is 12.8. The molecule has 1 aliphatic carbocycles. The van der Waals surface area contributed by atoms with Crippen molar-refractivity contribution in [1.82, 2.24) is 9.29 Å². The zero-order valence-electron chi connectivity index (χ0n) is 12.0. The van der Waals surface area contributed by atoms with Crippen LogP contribution in [0.4, 0.5) is 0 Å². The van der Waals surface area contributed by atoms with Gasteiger partial charge in [-0.25, -0.2) is 8.42 Å². The Morgan fingerprint density at radius 3 is 3.00 bits per heavy atom. The molecule has 0 unspecified atom stereocenters. The van der Waals surface area contributed by atoms with Crippen LogP contribution in [0.2, 0.25) is 0 Å². The Hall–Kier alpha value is -1.02. The van der Waals surface area contributed by atoms with Gasteiger partial charge in [0.05, 0.1) is 37.3 Å². The van der Waals surface area contributed by atoms with E-state index in [0.29, 0.717) is 19.8 Å². The third kappa shape index (κ3) is 3.26. The van der Waals surface area contributed by atoms with Crippen LogP contribution in [0.15, 0.2) is 24.4 Å². The zero-order chi connectivity index (χ0) is 14.9. The fourth-order valence-corrected chi connectivity index (χ4v) is 4.27. The van der Waals surface area contributed by atoms with Crippen molar-refractivity contribution in [2.45, 2.75) is 37.7 Å². The van der Waals surface area contributed by atoms with Gasteiger partial charge in [-0.3, -0.25) is 4.98 Å². The van der Waals surface area contributed by atoms with Gasteiger partial charge in [-0.15, -0.1) is 0 Å². The molecule has 1 aromatic heterocycles. The summed E-state index contributed by atoms with van der Waals surface area (Å²) in [4.78, 5) is 4.23. The molecule has 0 amide bonds. The minimum atomic E-state index is -3.19. The third-order valence-electron chi connectivity index (χ3n) is 4.08. The first-order valence-electron chi connectivity index (χ1n) is 7.15. The smallest absolute Gasteiger partial charge is 0.211 e. The summed E-state index contributed by atoms with van der Waals surface area (Å²) in [7, 11) is -3.19. The van der Waals surface area contributed by atoms with E-state index in [-0.39, 0.29) is 18.2 Å². The van der Waals surface area contributed by atoms with E-state index in [1.807, 2.05) is 18.2 Å². The highest BCUT2D eigenvalue weighted by atomic mass is 32.2. The molecule has 7 heteroatoms. The molecule has 2 heterocycles. The second kappa shape index (κ2) is 6.00. The largest absolute Gasteiger partial charge is 0.372 e. The van der Waals surface area contributed by atoms with E-state index in [4.69, 9.17) is 9.47 Å². The van der Waals surface area contributed by atoms with Gasteiger partial charge in [0, 0.05) is 12.7 Å². The number of hydrogen-bond acceptors (Lipinski definition) is 5. The summed E-state index contributed by atoms with van der Waals surface area (Å²) in [6.07, 6.45) is 4.35. The van der Waals surface area contributed by atoms with Gasteiger partial charge in [0.2, 0.25) is 10.0 Å². The number of hydrogen-bond donors (Lipinski definition) is 0. The molecule has 2 fully saturated rings. The van der Waals surface area contributed by atoms with Crippen molar-refractivity contribution in [2.75, 3.05) is 19.4 Å². The van der Waals surface area contributed by atoms with Crippen LogP contribution in [-0.4, -0.2) is 55.4 Å². The molecule has 1 saturated carbocycles. The van der Waals surface area contributed by atoms with Gasteiger partial charge in [0.15, 0.2) is 0 Å². The van der Waals surface area contributed by atoms with E-state index in [2.05, 4.69) is 4.98 Å². The first-order valence-corrected chi connectivity index (χ1v) is 9.00. The Morgan fingerprint density at radius 1 is 1.43 bits per heavy atom. The predicted octanol–water partition coefficient (Wildman–Crippen LogP) is 0.790. The van der Waals surface area contributed by atoms with Crippen LogP contribution in [0.5, 0.6) is 0 Å². The minimum Gasteiger partial charge on any atom is -0.372 e. The molecule has 0 N–H and O–H groups in total. The molecular weight excluding hydrogens is 292 g/mol. The molecule has 0 radical (unpaired) electrons. The second-order valence-corrected chi connectivity index (χ2v) is 7.46. The van der Waals surface area contributed by atoms with Gasteiger partial charge in [-0.1, -0.05) is 6.07 Å². The highest BCUT2D eigenvalue weighted by molar-refractivity contribution is 7.88. The van der Waals surface area contributed by atoms with Crippen molar-refractivity contribution in [1.29, 1.82) is 0 Å². The number of pyridine rings is 1. The number of rotatable bonds is 4. The number of sulfonamides is 1. The van der Waals surface area contributed by atoms with E-state index in [0.717, 1.165) is 18.5 Å². The van der Waals surface area contributed by atoms with Crippen LogP contribution in [0, 0.1) is 0 Å². The van der Waals surface area contributed by atoms with Crippen LogP contribution in [0.3, 0.4) is 0 Å². The van der Waals surface area contributed by atoms with Gasteiger partial charge in [0.1, 0.15) is 6.10 Å². The van der Waals surface area contributed by atoms with Gasteiger partial charge in [-0.05, 0) is 25.0 Å². The monoisotopic (exact) mass is 312 g/mol. The normalized spacial score (nSPS) is 30.2. The number of nitrogens with zero attached hydrogens (tertiary/aromatic N) is 2. The van der Waals surface area contributed by atoms with E-state index < -0.39 is 10.0 Å². The Balaban J connectivity index is 1.64. The highest BCUT2D eigenvalue weighted by Gasteiger charge is 2.46. The summed E-state index contributed by atoms with van der Waals surface area (Å²) in [6.45, 7) is 1.29. The van der Waals surface area contributed by atoms with Crippen LogP contribution >= 0.6 is 0 Å². The van der Waals surface area contributed by atoms with Crippen LogP contribution < -0.4 is 0 Å². The lowest BCUT2D eigenvalue weighted by Crippen LogP contribution is -2.53. The molecule has 0 spiro atoms. The van der Waals surface area contributed by atoms with Crippen molar-refractivity contribution in [3.05, 3.63) is 30.1 Å². The maximum Gasteiger partial charge on any atom is 0.211 e. The van der Waals surface area contributed by atoms with Gasteiger partial charge < -0.3 is 9.47 Å². The van der Waals surface area contributed by atoms with Crippen molar-refractivity contribution >= 4 is 10.0 Å². The number of fused-ring (bicyclic) bond motifs is 1. The average Bonchev–Trinajstić information content (AvgIpc) is 2.88. The molecule has 3 atom stereocenters. The van der Waals surface area contributed by atoms with Crippen LogP contribution in [0.25, 0.3) is 0 Å². The molecule has 1 aromatic rings. The summed E-state index contributed by atoms with van der Waals surface area (Å²) in [6, 6.07) is 5.61. The SMILES string of the molecule is CS(=O)(=O)N1CCO[C@H]2[C@@H](OCc3ccccn3)CC[C@@H]21. The maximum absolute atomic E-state index is 11.8. The number of ether oxygens (including phenoxy) is 2. The van der Waals surface area contributed by atoms with E-state index in [1.54, 1.807) is 10.5 Å². The number of morpholine rings is 1. The quantitative estimate of drug-likeness (QED) is 0.822. The van der Waals surface area contributed by atoms with Crippen molar-refractivity contribution in [2.24, 2.45) is 0 Å². The second-order valence-electron chi connectivity index (χ2n) is 5.52. The Bertz CT molecular complexity index is 578. The topological polar surface area (TPSA) is 68.7 Å². The maximum atomic E-state index is 11.8. The molecule has 0 aromatic carbocycles. The molecular formula is C14H20N2O4S. The first-order chi connectivity index (χ1) is 10.1. The van der Waals surface area contributed by atoms with E-state index in [9.17, 15) is 8.42 Å². The number of aromatic nitrogens is 1. The lowest BCUT2D eigenvalue weighted by atomic mass is 10.1. The predicted molar refractivity (Wildman–Crippen MR) is 77.1 cm³/mol. The summed E-state index contributed by atoms with van der Waals surface area (Å²) in [5, 5.41) is 0. The molecule has 3 rings (SSSR count). The molecule has 2 aliphatic rings. The fraction of sp³-hybridized carbons (Fsp3) is 0.643. The molecule has 0 bridgehead atoms. The average molecular weight is 312 g/mol. The van der Waals surface area contributed by atoms with Crippen molar-refractivity contribution in [3.63, 3.8) is 0 Å². The highest BCUT2D eigenvalue weighted by Crippen LogP contribution is 2.33. The summed E-state index contributed by atoms with van der Waals surface area (Å²) in [5.74, 6) is 0. The molecule has 6 nitrogen and oxygen atoms in total. The van der Waals surface area contributed by atoms with Gasteiger partial charge in [-0.2, -0.15) is 4.31 Å². The summed E-state index contributed by atoms with van der Waals surface area (Å²) < 4.78 is 36.9. The van der Waals surface area contributed by atoms with Crippen molar-refractivity contribution in [3.8, 4) is 0 Å². The van der Waals surface area contributed by atoms with Gasteiger partial charge in [0.25, 0.3) is 0 Å². The Labute approximate surface area is 125 Å². The lowest BCUT2D eigenvalue weighted by molar-refractivity contribution is -0.101. The third-order valence-corrected chi connectivity index (χ3v) is 5.39. The molecule has 1 saturated heterocycles. The molecule has 21 heavy (non-hydrogen) atoms. The fourth-order valence-electron chi connectivity index (χ4n) is 3.15.